The van der Waals surface area contributed by atoms with Gasteiger partial charge in [-0.05, 0) is 87.7 Å². The summed E-state index contributed by atoms with van der Waals surface area (Å²) < 4.78 is 0. The Morgan fingerprint density at radius 1 is 1.25 bits per heavy atom. The van der Waals surface area contributed by atoms with Crippen LogP contribution in [0, 0.1) is 23.2 Å². The van der Waals surface area contributed by atoms with Gasteiger partial charge in [0.1, 0.15) is 0 Å². The third-order valence-electron chi connectivity index (χ3n) is 8.74. The Balaban J connectivity index is 1.76. The first-order chi connectivity index (χ1) is 14.8. The van der Waals surface area contributed by atoms with Crippen LogP contribution in [0.2, 0.25) is 0 Å². The van der Waals surface area contributed by atoms with Crippen LogP contribution < -0.4 is 5.32 Å². The summed E-state index contributed by atoms with van der Waals surface area (Å²) in [4.78, 5) is 13.0. The van der Waals surface area contributed by atoms with Gasteiger partial charge >= 0.3 is 0 Å². The highest BCUT2D eigenvalue weighted by molar-refractivity contribution is 5.79. The van der Waals surface area contributed by atoms with Crippen molar-refractivity contribution in [2.75, 3.05) is 0 Å². The van der Waals surface area contributed by atoms with Crippen molar-refractivity contribution >= 4 is 5.91 Å². The second kappa shape index (κ2) is 9.44. The molecule has 3 aliphatic rings. The van der Waals surface area contributed by atoms with Gasteiger partial charge in [0.15, 0.2) is 0 Å². The number of aliphatic hydroxyl groups is 3. The summed E-state index contributed by atoms with van der Waals surface area (Å²) in [5.41, 5.74) is 2.23. The van der Waals surface area contributed by atoms with Gasteiger partial charge < -0.3 is 20.6 Å². The fourth-order valence-electron chi connectivity index (χ4n) is 6.27. The first-order valence-corrected chi connectivity index (χ1v) is 12.3. The van der Waals surface area contributed by atoms with Crippen LogP contribution in [-0.2, 0) is 4.79 Å². The average molecular weight is 446 g/mol. The summed E-state index contributed by atoms with van der Waals surface area (Å²) in [7, 11) is 0. The Hall–Kier alpha value is -1.43. The second-order valence-corrected chi connectivity index (χ2v) is 11.3. The molecule has 5 heteroatoms. The van der Waals surface area contributed by atoms with Gasteiger partial charge in [0.2, 0.25) is 5.91 Å². The van der Waals surface area contributed by atoms with E-state index in [1.165, 1.54) is 5.57 Å². The Morgan fingerprint density at radius 3 is 2.59 bits per heavy atom. The molecule has 0 radical (unpaired) electrons. The molecule has 0 unspecified atom stereocenters. The molecule has 4 N–H and O–H groups in total. The first kappa shape index (κ1) is 25.2. The highest BCUT2D eigenvalue weighted by atomic mass is 16.3. The van der Waals surface area contributed by atoms with Crippen LogP contribution in [-0.4, -0.2) is 45.1 Å². The molecule has 180 valence electrons. The number of hydrogen-bond donors (Lipinski definition) is 4. The zero-order valence-electron chi connectivity index (χ0n) is 20.5. The van der Waals surface area contributed by atoms with E-state index < -0.39 is 17.8 Å². The van der Waals surface area contributed by atoms with E-state index in [0.29, 0.717) is 24.7 Å². The minimum Gasteiger partial charge on any atom is -0.393 e. The Morgan fingerprint density at radius 2 is 1.94 bits per heavy atom. The highest BCUT2D eigenvalue weighted by Crippen LogP contribution is 2.59. The van der Waals surface area contributed by atoms with Gasteiger partial charge in [-0.3, -0.25) is 4.79 Å². The lowest BCUT2D eigenvalue weighted by Gasteiger charge is -2.44. The number of fused-ring (bicyclic) bond motifs is 1. The molecule has 3 aliphatic carbocycles. The Labute approximate surface area is 193 Å². The van der Waals surface area contributed by atoms with E-state index in [1.807, 2.05) is 13.8 Å². The minimum atomic E-state index is -0.948. The fourth-order valence-corrected chi connectivity index (χ4v) is 6.27. The van der Waals surface area contributed by atoms with E-state index in [2.05, 4.69) is 31.0 Å². The lowest BCUT2D eigenvalue weighted by Crippen LogP contribution is -2.50. The molecule has 32 heavy (non-hydrogen) atoms. The van der Waals surface area contributed by atoms with Crippen LogP contribution >= 0.6 is 0 Å². The standard InChI is InChI=1S/C27H43NO4/c1-16-20(14-21(29)15-24(16)30)10-9-19-8-7-13-27(6)22(11-12-23(19)27)17(2)25(31)28-18(3)26(4,5)32/h9-10,17-18,21-24,29-30,32H,1,7-8,11-15H2,2-6H3,(H,28,31)/b19-9+,20-10-/t17-,18+,21+,22+,23-,24-,27+/m0/s1. The molecule has 7 atom stereocenters. The molecule has 0 aromatic heterocycles. The van der Waals surface area contributed by atoms with Crippen molar-refractivity contribution in [3.8, 4) is 0 Å². The average Bonchev–Trinajstić information content (AvgIpc) is 3.05. The Bertz CT molecular complexity index is 792. The summed E-state index contributed by atoms with van der Waals surface area (Å²) in [6, 6.07) is -0.301. The van der Waals surface area contributed by atoms with Crippen LogP contribution in [0.3, 0.4) is 0 Å². The topological polar surface area (TPSA) is 89.8 Å². The van der Waals surface area contributed by atoms with Crippen LogP contribution in [0.4, 0.5) is 0 Å². The van der Waals surface area contributed by atoms with Gasteiger partial charge in [-0.15, -0.1) is 0 Å². The molecule has 5 nitrogen and oxygen atoms in total. The largest absolute Gasteiger partial charge is 0.393 e. The maximum absolute atomic E-state index is 13.0. The number of carbonyl (C=O) groups excluding carboxylic acids is 1. The van der Waals surface area contributed by atoms with Gasteiger partial charge in [-0.25, -0.2) is 0 Å². The molecule has 0 aliphatic heterocycles. The summed E-state index contributed by atoms with van der Waals surface area (Å²) in [5, 5.41) is 33.4. The van der Waals surface area contributed by atoms with Crippen molar-refractivity contribution in [2.45, 2.75) is 103 Å². The van der Waals surface area contributed by atoms with Crippen molar-refractivity contribution in [3.63, 3.8) is 0 Å². The van der Waals surface area contributed by atoms with E-state index in [1.54, 1.807) is 13.8 Å². The summed E-state index contributed by atoms with van der Waals surface area (Å²) in [5.74, 6) is 0.694. The van der Waals surface area contributed by atoms with Crippen molar-refractivity contribution in [1.29, 1.82) is 0 Å². The van der Waals surface area contributed by atoms with Gasteiger partial charge in [0.05, 0.1) is 23.9 Å². The molecule has 3 fully saturated rings. The van der Waals surface area contributed by atoms with E-state index >= 15 is 0 Å². The molecular weight excluding hydrogens is 402 g/mol. The molecular formula is C27H43NO4. The normalized spacial score (nSPS) is 37.9. The lowest BCUT2D eigenvalue weighted by molar-refractivity contribution is -0.130. The Kier molecular flexibility index (Phi) is 7.43. The summed E-state index contributed by atoms with van der Waals surface area (Å²) >= 11 is 0. The van der Waals surface area contributed by atoms with E-state index in [0.717, 1.165) is 43.3 Å². The summed E-state index contributed by atoms with van der Waals surface area (Å²) in [6.45, 7) is 13.7. The molecule has 0 bridgehead atoms. The molecule has 0 aromatic carbocycles. The highest BCUT2D eigenvalue weighted by Gasteiger charge is 2.52. The first-order valence-electron chi connectivity index (χ1n) is 12.3. The smallest absolute Gasteiger partial charge is 0.223 e. The van der Waals surface area contributed by atoms with Crippen LogP contribution in [0.1, 0.15) is 79.6 Å². The number of nitrogens with one attached hydrogen (secondary N) is 1. The number of allylic oxidation sites excluding steroid dienone is 3. The number of aliphatic hydroxyl groups excluding tert-OH is 2. The van der Waals surface area contributed by atoms with E-state index in [9.17, 15) is 20.1 Å². The fraction of sp³-hybridized carbons (Fsp3) is 0.741. The molecule has 0 spiro atoms. The van der Waals surface area contributed by atoms with Crippen molar-refractivity contribution in [3.05, 3.63) is 35.5 Å². The minimum absolute atomic E-state index is 0.0335. The number of rotatable bonds is 5. The van der Waals surface area contributed by atoms with Crippen LogP contribution in [0.25, 0.3) is 0 Å². The maximum Gasteiger partial charge on any atom is 0.223 e. The van der Waals surface area contributed by atoms with Crippen molar-refractivity contribution in [1.82, 2.24) is 5.32 Å². The monoisotopic (exact) mass is 445 g/mol. The van der Waals surface area contributed by atoms with Crippen molar-refractivity contribution < 1.29 is 20.1 Å². The predicted octanol–water partition coefficient (Wildman–Crippen LogP) is 4.04. The van der Waals surface area contributed by atoms with Crippen LogP contribution in [0.5, 0.6) is 0 Å². The van der Waals surface area contributed by atoms with E-state index in [4.69, 9.17) is 0 Å². The lowest BCUT2D eigenvalue weighted by atomic mass is 9.61. The van der Waals surface area contributed by atoms with E-state index in [-0.39, 0.29) is 23.3 Å². The van der Waals surface area contributed by atoms with Gasteiger partial charge in [-0.2, -0.15) is 0 Å². The molecule has 3 rings (SSSR count). The number of amides is 1. The zero-order chi connectivity index (χ0) is 23.8. The second-order valence-electron chi connectivity index (χ2n) is 11.3. The predicted molar refractivity (Wildman–Crippen MR) is 128 cm³/mol. The SMILES string of the molecule is C=C1/C(=C\C=C2/CCC[C@]3(C)[C@@H]([C@H](C)C(=O)N[C@H](C)C(C)(C)O)CC[C@@H]23)C[C@@H](O)C[C@@H]1O. The molecule has 1 amide bonds. The van der Waals surface area contributed by atoms with Crippen molar-refractivity contribution in [2.24, 2.45) is 23.2 Å². The molecule has 0 aromatic rings. The molecule has 0 heterocycles. The van der Waals surface area contributed by atoms with Gasteiger partial charge in [0.25, 0.3) is 0 Å². The van der Waals surface area contributed by atoms with Crippen LogP contribution in [0.15, 0.2) is 35.5 Å². The number of hydrogen-bond acceptors (Lipinski definition) is 4. The quantitative estimate of drug-likeness (QED) is 0.514. The zero-order valence-corrected chi connectivity index (χ0v) is 20.5. The molecule has 0 saturated heterocycles. The molecule has 3 saturated carbocycles. The van der Waals surface area contributed by atoms with Gasteiger partial charge in [-0.1, -0.05) is 38.2 Å². The van der Waals surface area contributed by atoms with Gasteiger partial charge in [0, 0.05) is 12.3 Å². The third kappa shape index (κ3) is 5.05. The number of carbonyl (C=O) groups is 1. The maximum atomic E-state index is 13.0. The third-order valence-corrected chi connectivity index (χ3v) is 8.74. The summed E-state index contributed by atoms with van der Waals surface area (Å²) in [6.07, 6.45) is 9.40.